The highest BCUT2D eigenvalue weighted by Crippen LogP contribution is 2.28. The van der Waals surface area contributed by atoms with Crippen molar-refractivity contribution in [3.63, 3.8) is 0 Å². The fourth-order valence-corrected chi connectivity index (χ4v) is 3.57. The Hall–Kier alpha value is -2.97. The summed E-state index contributed by atoms with van der Waals surface area (Å²) in [5.74, 6) is -0.346. The number of aryl methyl sites for hydroxylation is 1. The molecule has 1 aliphatic rings. The van der Waals surface area contributed by atoms with Crippen molar-refractivity contribution in [1.29, 1.82) is 5.26 Å². The number of hydrogen-bond donors (Lipinski definition) is 0. The lowest BCUT2D eigenvalue weighted by molar-refractivity contribution is 0.0975. The number of ether oxygens (including phenoxy) is 1. The number of carbonyl (C=O) groups is 1. The molecule has 130 valence electrons. The molecule has 1 fully saturated rings. The number of nitriles is 1. The Morgan fingerprint density at radius 2 is 2.15 bits per heavy atom. The van der Waals surface area contributed by atoms with Gasteiger partial charge in [-0.1, -0.05) is 30.3 Å². The maximum atomic E-state index is 13.1. The standard InChI is InChI=1S/C21H19N3O2/c1-24-19-8-3-2-7-18(19)23-21(24)17(12-22)20(25)15-6-4-5-14(11-15)16-9-10-26-13-16/h2-8,11,16-17H,9-10,13H2,1H3/t16-,17-/m0/s1. The highest BCUT2D eigenvalue weighted by molar-refractivity contribution is 6.02. The van der Waals surface area contributed by atoms with Crippen LogP contribution < -0.4 is 0 Å². The number of carbonyl (C=O) groups excluding carboxylic acids is 1. The minimum atomic E-state index is -0.928. The molecular weight excluding hydrogens is 326 g/mol. The molecule has 2 atom stereocenters. The van der Waals surface area contributed by atoms with Crippen LogP contribution in [-0.2, 0) is 11.8 Å². The summed E-state index contributed by atoms with van der Waals surface area (Å²) in [6.07, 6.45) is 0.962. The lowest BCUT2D eigenvalue weighted by Crippen LogP contribution is -2.16. The van der Waals surface area contributed by atoms with Crippen molar-refractivity contribution < 1.29 is 9.53 Å². The Bertz CT molecular complexity index is 1010. The number of Topliss-reactive ketones (excluding diaryl/α,β-unsaturated/α-hetero) is 1. The monoisotopic (exact) mass is 345 g/mol. The molecule has 0 unspecified atom stereocenters. The van der Waals surface area contributed by atoms with Crippen LogP contribution >= 0.6 is 0 Å². The van der Waals surface area contributed by atoms with Crippen molar-refractivity contribution in [3.8, 4) is 6.07 Å². The van der Waals surface area contributed by atoms with Crippen molar-refractivity contribution in [3.05, 3.63) is 65.5 Å². The molecule has 3 aromatic rings. The van der Waals surface area contributed by atoms with Crippen LogP contribution in [0, 0.1) is 11.3 Å². The highest BCUT2D eigenvalue weighted by atomic mass is 16.5. The number of imidazole rings is 1. The molecule has 1 aromatic heterocycles. The molecule has 0 N–H and O–H groups in total. The molecular formula is C21H19N3O2. The zero-order chi connectivity index (χ0) is 18.1. The van der Waals surface area contributed by atoms with Crippen LogP contribution in [0.25, 0.3) is 11.0 Å². The third kappa shape index (κ3) is 2.79. The maximum Gasteiger partial charge on any atom is 0.187 e. The van der Waals surface area contributed by atoms with E-state index in [1.165, 1.54) is 0 Å². The molecule has 1 aliphatic heterocycles. The fourth-order valence-electron chi connectivity index (χ4n) is 3.57. The van der Waals surface area contributed by atoms with E-state index in [9.17, 15) is 10.1 Å². The number of benzene rings is 2. The van der Waals surface area contributed by atoms with Gasteiger partial charge in [-0.15, -0.1) is 0 Å². The predicted octanol–water partition coefficient (Wildman–Crippen LogP) is 3.57. The van der Waals surface area contributed by atoms with Crippen LogP contribution in [0.5, 0.6) is 0 Å². The minimum Gasteiger partial charge on any atom is -0.381 e. The van der Waals surface area contributed by atoms with E-state index in [1.54, 1.807) is 6.07 Å². The third-order valence-electron chi connectivity index (χ3n) is 5.04. The van der Waals surface area contributed by atoms with Crippen molar-refractivity contribution >= 4 is 16.8 Å². The Morgan fingerprint density at radius 3 is 2.88 bits per heavy atom. The summed E-state index contributed by atoms with van der Waals surface area (Å²) in [6, 6.07) is 17.4. The molecule has 0 saturated carbocycles. The average Bonchev–Trinajstić information content (AvgIpc) is 3.32. The van der Waals surface area contributed by atoms with Gasteiger partial charge in [0, 0.05) is 25.1 Å². The van der Waals surface area contributed by atoms with E-state index < -0.39 is 5.92 Å². The number of para-hydroxylation sites is 2. The zero-order valence-electron chi connectivity index (χ0n) is 14.6. The summed E-state index contributed by atoms with van der Waals surface area (Å²) in [6.45, 7) is 1.44. The number of ketones is 1. The average molecular weight is 345 g/mol. The van der Waals surface area contributed by atoms with Gasteiger partial charge in [0.1, 0.15) is 5.82 Å². The summed E-state index contributed by atoms with van der Waals surface area (Å²) in [5, 5.41) is 9.70. The first kappa shape index (κ1) is 16.5. The Morgan fingerprint density at radius 1 is 1.31 bits per heavy atom. The summed E-state index contributed by atoms with van der Waals surface area (Å²) < 4.78 is 7.28. The van der Waals surface area contributed by atoms with E-state index in [0.717, 1.165) is 29.6 Å². The van der Waals surface area contributed by atoms with E-state index in [2.05, 4.69) is 11.1 Å². The quantitative estimate of drug-likeness (QED) is 0.678. The first-order valence-corrected chi connectivity index (χ1v) is 8.72. The maximum absolute atomic E-state index is 13.1. The van der Waals surface area contributed by atoms with Gasteiger partial charge in [0.15, 0.2) is 11.7 Å². The van der Waals surface area contributed by atoms with E-state index >= 15 is 0 Å². The van der Waals surface area contributed by atoms with Crippen molar-refractivity contribution in [2.45, 2.75) is 18.3 Å². The van der Waals surface area contributed by atoms with E-state index in [0.29, 0.717) is 23.9 Å². The number of nitrogens with zero attached hydrogens (tertiary/aromatic N) is 3. The van der Waals surface area contributed by atoms with Crippen LogP contribution in [-0.4, -0.2) is 28.5 Å². The van der Waals surface area contributed by atoms with Gasteiger partial charge in [-0.25, -0.2) is 4.98 Å². The molecule has 5 heteroatoms. The number of rotatable bonds is 4. The van der Waals surface area contributed by atoms with Crippen LogP contribution in [0.2, 0.25) is 0 Å². The normalized spacial score (nSPS) is 17.9. The summed E-state index contributed by atoms with van der Waals surface area (Å²) >= 11 is 0. The Labute approximate surface area is 151 Å². The molecule has 0 aliphatic carbocycles. The molecule has 26 heavy (non-hydrogen) atoms. The number of aromatic nitrogens is 2. The third-order valence-corrected chi connectivity index (χ3v) is 5.04. The topological polar surface area (TPSA) is 67.9 Å². The largest absolute Gasteiger partial charge is 0.381 e. The highest BCUT2D eigenvalue weighted by Gasteiger charge is 2.28. The second kappa shape index (κ2) is 6.74. The zero-order valence-corrected chi connectivity index (χ0v) is 14.6. The molecule has 5 nitrogen and oxygen atoms in total. The molecule has 0 bridgehead atoms. The molecule has 4 rings (SSSR count). The minimum absolute atomic E-state index is 0.216. The number of fused-ring (bicyclic) bond motifs is 1. The van der Waals surface area contributed by atoms with Crippen LogP contribution in [0.1, 0.15) is 40.0 Å². The molecule has 0 amide bonds. The summed E-state index contributed by atoms with van der Waals surface area (Å²) in [4.78, 5) is 17.6. The van der Waals surface area contributed by atoms with E-state index in [1.807, 2.05) is 54.1 Å². The van der Waals surface area contributed by atoms with Crippen LogP contribution in [0.3, 0.4) is 0 Å². The van der Waals surface area contributed by atoms with E-state index in [4.69, 9.17) is 4.74 Å². The summed E-state index contributed by atoms with van der Waals surface area (Å²) in [7, 11) is 1.84. The SMILES string of the molecule is Cn1c([C@@H](C#N)C(=O)c2cccc([C@H]3CCOC3)c2)nc2ccccc21. The first-order valence-electron chi connectivity index (χ1n) is 8.72. The molecule has 2 heterocycles. The summed E-state index contributed by atoms with van der Waals surface area (Å²) in [5.41, 5.74) is 3.34. The Balaban J connectivity index is 1.70. The van der Waals surface area contributed by atoms with Crippen molar-refractivity contribution in [1.82, 2.24) is 9.55 Å². The van der Waals surface area contributed by atoms with Crippen LogP contribution in [0.4, 0.5) is 0 Å². The molecule has 2 aromatic carbocycles. The lowest BCUT2D eigenvalue weighted by atomic mass is 9.92. The van der Waals surface area contributed by atoms with Crippen LogP contribution in [0.15, 0.2) is 48.5 Å². The van der Waals surface area contributed by atoms with Gasteiger partial charge in [-0.05, 0) is 30.2 Å². The first-order chi connectivity index (χ1) is 12.7. The molecule has 0 spiro atoms. The van der Waals surface area contributed by atoms with Crippen molar-refractivity contribution in [2.75, 3.05) is 13.2 Å². The van der Waals surface area contributed by atoms with Gasteiger partial charge >= 0.3 is 0 Å². The van der Waals surface area contributed by atoms with Gasteiger partial charge in [0.2, 0.25) is 0 Å². The van der Waals surface area contributed by atoms with E-state index in [-0.39, 0.29) is 5.78 Å². The fraction of sp³-hybridized carbons (Fsp3) is 0.286. The van der Waals surface area contributed by atoms with Gasteiger partial charge < -0.3 is 9.30 Å². The molecule has 0 radical (unpaired) electrons. The molecule has 1 saturated heterocycles. The van der Waals surface area contributed by atoms with Gasteiger partial charge in [0.05, 0.1) is 23.7 Å². The second-order valence-electron chi connectivity index (χ2n) is 6.63. The number of hydrogen-bond acceptors (Lipinski definition) is 4. The Kier molecular flexibility index (Phi) is 4.27. The van der Waals surface area contributed by atoms with Gasteiger partial charge in [0.25, 0.3) is 0 Å². The van der Waals surface area contributed by atoms with Crippen molar-refractivity contribution in [2.24, 2.45) is 7.05 Å². The lowest BCUT2D eigenvalue weighted by Gasteiger charge is -2.12. The van der Waals surface area contributed by atoms with Gasteiger partial charge in [-0.3, -0.25) is 4.79 Å². The second-order valence-corrected chi connectivity index (χ2v) is 6.63. The van der Waals surface area contributed by atoms with Gasteiger partial charge in [-0.2, -0.15) is 5.26 Å². The predicted molar refractivity (Wildman–Crippen MR) is 98.0 cm³/mol. The smallest absolute Gasteiger partial charge is 0.187 e.